The number of carbonyl (C=O) groups excluding carboxylic acids is 2. The second kappa shape index (κ2) is 8.67. The molecule has 0 aliphatic heterocycles. The molecule has 0 bridgehead atoms. The Kier molecular flexibility index (Phi) is 6.06. The number of anilines is 1. The molecule has 0 atom stereocenters. The molecule has 0 spiro atoms. The molecule has 3 rings (SSSR count). The molecular weight excluding hydrogens is 374 g/mol. The van der Waals surface area contributed by atoms with Crippen molar-refractivity contribution in [2.24, 2.45) is 0 Å². The van der Waals surface area contributed by atoms with Crippen molar-refractivity contribution in [3.8, 4) is 16.3 Å². The van der Waals surface area contributed by atoms with E-state index in [1.165, 1.54) is 11.3 Å². The number of benzene rings is 2. The van der Waals surface area contributed by atoms with Crippen molar-refractivity contribution in [2.75, 3.05) is 19.0 Å². The van der Waals surface area contributed by atoms with Gasteiger partial charge >= 0.3 is 0 Å². The molecule has 0 fully saturated rings. The van der Waals surface area contributed by atoms with Gasteiger partial charge < -0.3 is 15.4 Å². The van der Waals surface area contributed by atoms with Crippen LogP contribution in [0.4, 0.5) is 5.69 Å². The number of nitrogens with one attached hydrogen (secondary N) is 2. The third-order valence-electron chi connectivity index (χ3n) is 4.20. The molecule has 0 saturated carbocycles. The fourth-order valence-corrected chi connectivity index (χ4v) is 3.52. The van der Waals surface area contributed by atoms with Gasteiger partial charge in [-0.3, -0.25) is 9.59 Å². The Bertz CT molecular complexity index is 996. The van der Waals surface area contributed by atoms with Crippen LogP contribution in [0.5, 0.6) is 5.75 Å². The van der Waals surface area contributed by atoms with E-state index in [0.717, 1.165) is 16.3 Å². The van der Waals surface area contributed by atoms with E-state index in [-0.39, 0.29) is 11.8 Å². The van der Waals surface area contributed by atoms with Crippen LogP contribution < -0.4 is 15.4 Å². The lowest BCUT2D eigenvalue weighted by molar-refractivity contribution is 0.0960. The van der Waals surface area contributed by atoms with Crippen molar-refractivity contribution in [2.45, 2.75) is 13.8 Å². The summed E-state index contributed by atoms with van der Waals surface area (Å²) < 4.78 is 5.44. The number of aromatic nitrogens is 1. The summed E-state index contributed by atoms with van der Waals surface area (Å²) in [5.74, 6) is 0.290. The van der Waals surface area contributed by atoms with Gasteiger partial charge in [0.15, 0.2) is 0 Å². The fourth-order valence-electron chi connectivity index (χ4n) is 2.71. The maximum Gasteiger partial charge on any atom is 0.275 e. The van der Waals surface area contributed by atoms with E-state index in [0.29, 0.717) is 29.1 Å². The largest absolute Gasteiger partial charge is 0.494 e. The van der Waals surface area contributed by atoms with Crippen LogP contribution in [0.2, 0.25) is 0 Å². The predicted molar refractivity (Wildman–Crippen MR) is 111 cm³/mol. The quantitative estimate of drug-likeness (QED) is 0.658. The number of carbonyl (C=O) groups is 2. The monoisotopic (exact) mass is 395 g/mol. The molecule has 7 heteroatoms. The first-order valence-corrected chi connectivity index (χ1v) is 9.73. The van der Waals surface area contributed by atoms with E-state index >= 15 is 0 Å². The number of rotatable bonds is 6. The van der Waals surface area contributed by atoms with Gasteiger partial charge in [-0.1, -0.05) is 6.07 Å². The molecule has 0 aliphatic carbocycles. The van der Waals surface area contributed by atoms with Crippen molar-refractivity contribution < 1.29 is 14.3 Å². The Hall–Kier alpha value is -3.19. The summed E-state index contributed by atoms with van der Waals surface area (Å²) in [6.45, 7) is 4.35. The van der Waals surface area contributed by atoms with E-state index in [1.807, 2.05) is 31.2 Å². The Morgan fingerprint density at radius 3 is 2.54 bits per heavy atom. The highest BCUT2D eigenvalue weighted by Gasteiger charge is 2.15. The van der Waals surface area contributed by atoms with E-state index in [4.69, 9.17) is 4.74 Å². The standard InChI is InChI=1S/C21H21N3O3S/c1-4-27-15-10-8-14(9-11-15)21-24-18(12-28-21)20(26)23-17-7-5-6-16(13(17)2)19(25)22-3/h5-12H,4H2,1-3H3,(H,22,25)(H,23,26). The highest BCUT2D eigenvalue weighted by atomic mass is 32.1. The minimum atomic E-state index is -0.314. The summed E-state index contributed by atoms with van der Waals surface area (Å²) in [7, 11) is 1.57. The average molecular weight is 395 g/mol. The fraction of sp³-hybridized carbons (Fsp3) is 0.190. The smallest absolute Gasteiger partial charge is 0.275 e. The highest BCUT2D eigenvalue weighted by molar-refractivity contribution is 7.13. The Labute approximate surface area is 167 Å². The second-order valence-electron chi connectivity index (χ2n) is 6.01. The average Bonchev–Trinajstić information content (AvgIpc) is 3.20. The number of nitrogens with zero attached hydrogens (tertiary/aromatic N) is 1. The zero-order chi connectivity index (χ0) is 20.1. The van der Waals surface area contributed by atoms with Crippen molar-refractivity contribution in [1.82, 2.24) is 10.3 Å². The normalized spacial score (nSPS) is 10.4. The molecule has 6 nitrogen and oxygen atoms in total. The van der Waals surface area contributed by atoms with Crippen LogP contribution in [0.15, 0.2) is 47.8 Å². The van der Waals surface area contributed by atoms with Crippen LogP contribution in [0.1, 0.15) is 33.3 Å². The van der Waals surface area contributed by atoms with Crippen LogP contribution in [-0.2, 0) is 0 Å². The molecule has 0 aliphatic rings. The Morgan fingerprint density at radius 2 is 1.86 bits per heavy atom. The number of hydrogen-bond acceptors (Lipinski definition) is 5. The van der Waals surface area contributed by atoms with Gasteiger partial charge in [-0.25, -0.2) is 4.98 Å². The molecule has 144 valence electrons. The van der Waals surface area contributed by atoms with Crippen molar-refractivity contribution in [3.05, 3.63) is 64.7 Å². The Balaban J connectivity index is 1.77. The molecule has 28 heavy (non-hydrogen) atoms. The minimum absolute atomic E-state index is 0.194. The van der Waals surface area contributed by atoms with Crippen LogP contribution in [0, 0.1) is 6.92 Å². The van der Waals surface area contributed by atoms with Gasteiger partial charge in [0.25, 0.3) is 11.8 Å². The summed E-state index contributed by atoms with van der Waals surface area (Å²) in [5, 5.41) is 7.91. The zero-order valence-corrected chi connectivity index (χ0v) is 16.7. The van der Waals surface area contributed by atoms with Gasteiger partial charge in [0.2, 0.25) is 0 Å². The number of ether oxygens (including phenoxy) is 1. The van der Waals surface area contributed by atoms with E-state index in [2.05, 4.69) is 15.6 Å². The van der Waals surface area contributed by atoms with E-state index in [1.54, 1.807) is 37.6 Å². The highest BCUT2D eigenvalue weighted by Crippen LogP contribution is 2.26. The summed E-state index contributed by atoms with van der Waals surface area (Å²) in [6.07, 6.45) is 0. The summed E-state index contributed by atoms with van der Waals surface area (Å²) in [5.41, 5.74) is 3.07. The maximum absolute atomic E-state index is 12.6. The maximum atomic E-state index is 12.6. The Morgan fingerprint density at radius 1 is 1.11 bits per heavy atom. The molecular formula is C21H21N3O3S. The number of amides is 2. The molecule has 1 heterocycles. The predicted octanol–water partition coefficient (Wildman–Crippen LogP) is 4.13. The van der Waals surface area contributed by atoms with Crippen LogP contribution in [0.25, 0.3) is 10.6 Å². The van der Waals surface area contributed by atoms with Crippen LogP contribution in [0.3, 0.4) is 0 Å². The lowest BCUT2D eigenvalue weighted by Crippen LogP contribution is -2.20. The second-order valence-corrected chi connectivity index (χ2v) is 6.86. The molecule has 1 aromatic heterocycles. The van der Waals surface area contributed by atoms with E-state index in [9.17, 15) is 9.59 Å². The SMILES string of the molecule is CCOc1ccc(-c2nc(C(=O)Nc3cccc(C(=O)NC)c3C)cs2)cc1. The van der Waals surface area contributed by atoms with Crippen LogP contribution >= 0.6 is 11.3 Å². The third kappa shape index (κ3) is 4.20. The molecule has 2 amide bonds. The van der Waals surface area contributed by atoms with Gasteiger partial charge in [0, 0.05) is 29.2 Å². The molecule has 0 unspecified atom stereocenters. The molecule has 0 radical (unpaired) electrons. The third-order valence-corrected chi connectivity index (χ3v) is 5.09. The van der Waals surface area contributed by atoms with Crippen LogP contribution in [-0.4, -0.2) is 30.5 Å². The summed E-state index contributed by atoms with van der Waals surface area (Å²) in [4.78, 5) is 29.0. The zero-order valence-electron chi connectivity index (χ0n) is 15.9. The van der Waals surface area contributed by atoms with Gasteiger partial charge in [-0.05, 0) is 55.8 Å². The first-order valence-electron chi connectivity index (χ1n) is 8.85. The first-order chi connectivity index (χ1) is 13.5. The minimum Gasteiger partial charge on any atom is -0.494 e. The topological polar surface area (TPSA) is 80.3 Å². The van der Waals surface area contributed by atoms with Gasteiger partial charge in [0.05, 0.1) is 6.61 Å². The summed E-state index contributed by atoms with van der Waals surface area (Å²) in [6, 6.07) is 12.8. The molecule has 0 saturated heterocycles. The summed E-state index contributed by atoms with van der Waals surface area (Å²) >= 11 is 1.40. The lowest BCUT2D eigenvalue weighted by Gasteiger charge is -2.11. The lowest BCUT2D eigenvalue weighted by atomic mass is 10.1. The van der Waals surface area contributed by atoms with Crippen molar-refractivity contribution in [1.29, 1.82) is 0 Å². The first kappa shape index (κ1) is 19.6. The van der Waals surface area contributed by atoms with E-state index < -0.39 is 0 Å². The van der Waals surface area contributed by atoms with Gasteiger partial charge in [-0.2, -0.15) is 0 Å². The number of hydrogen-bond donors (Lipinski definition) is 2. The molecule has 2 aromatic carbocycles. The van der Waals surface area contributed by atoms with Crippen molar-refractivity contribution >= 4 is 28.8 Å². The number of thiazole rings is 1. The molecule has 3 aromatic rings. The molecule has 2 N–H and O–H groups in total. The van der Waals surface area contributed by atoms with Gasteiger partial charge in [-0.15, -0.1) is 11.3 Å². The van der Waals surface area contributed by atoms with Gasteiger partial charge in [0.1, 0.15) is 16.5 Å². The van der Waals surface area contributed by atoms with Crippen molar-refractivity contribution in [3.63, 3.8) is 0 Å².